The standard InChI is InChI=1S/C16H18N2O5S/c1-9-12(10(2)23-18-9)7-24-8-15(19)17-13-5-4-11(16(20)21)6-14(13)22-3/h4-6H,7-8H2,1-3H3,(H,17,19)(H,20,21). The molecular weight excluding hydrogens is 332 g/mol. The molecule has 1 aromatic carbocycles. The molecule has 0 spiro atoms. The fraction of sp³-hybridized carbons (Fsp3) is 0.312. The van der Waals surface area contributed by atoms with Crippen LogP contribution in [0.25, 0.3) is 0 Å². The molecule has 2 N–H and O–H groups in total. The Balaban J connectivity index is 1.94. The Morgan fingerprint density at radius 3 is 2.71 bits per heavy atom. The molecule has 8 heteroatoms. The number of ether oxygens (including phenoxy) is 1. The number of rotatable bonds is 7. The third kappa shape index (κ3) is 4.29. The van der Waals surface area contributed by atoms with Crippen molar-refractivity contribution in [1.82, 2.24) is 5.16 Å². The van der Waals surface area contributed by atoms with Gasteiger partial charge in [-0.1, -0.05) is 5.16 Å². The zero-order valence-electron chi connectivity index (χ0n) is 13.6. The van der Waals surface area contributed by atoms with Gasteiger partial charge in [-0.15, -0.1) is 11.8 Å². The summed E-state index contributed by atoms with van der Waals surface area (Å²) >= 11 is 1.44. The molecule has 1 amide bonds. The Labute approximate surface area is 143 Å². The summed E-state index contributed by atoms with van der Waals surface area (Å²) in [7, 11) is 1.42. The minimum Gasteiger partial charge on any atom is -0.495 e. The molecule has 0 unspecified atom stereocenters. The average molecular weight is 350 g/mol. The molecule has 2 aromatic rings. The summed E-state index contributed by atoms with van der Waals surface area (Å²) in [5, 5.41) is 15.6. The van der Waals surface area contributed by atoms with Crippen molar-refractivity contribution in [3.8, 4) is 5.75 Å². The van der Waals surface area contributed by atoms with Crippen molar-refractivity contribution < 1.29 is 24.0 Å². The quantitative estimate of drug-likeness (QED) is 0.791. The van der Waals surface area contributed by atoms with Gasteiger partial charge in [0.15, 0.2) is 0 Å². The van der Waals surface area contributed by atoms with E-state index in [0.29, 0.717) is 17.2 Å². The maximum Gasteiger partial charge on any atom is 0.335 e. The molecule has 0 bridgehead atoms. The molecule has 0 radical (unpaired) electrons. The van der Waals surface area contributed by atoms with Crippen LogP contribution in [-0.2, 0) is 10.5 Å². The molecule has 7 nitrogen and oxygen atoms in total. The number of carboxylic acids is 1. The van der Waals surface area contributed by atoms with Crippen molar-refractivity contribution in [2.24, 2.45) is 0 Å². The largest absolute Gasteiger partial charge is 0.495 e. The van der Waals surface area contributed by atoms with Crippen molar-refractivity contribution in [2.45, 2.75) is 19.6 Å². The lowest BCUT2D eigenvalue weighted by atomic mass is 10.2. The van der Waals surface area contributed by atoms with Gasteiger partial charge < -0.3 is 19.7 Å². The SMILES string of the molecule is COc1cc(C(=O)O)ccc1NC(=O)CSCc1c(C)noc1C. The molecule has 0 saturated carbocycles. The van der Waals surface area contributed by atoms with Crippen molar-refractivity contribution in [3.63, 3.8) is 0 Å². The summed E-state index contributed by atoms with van der Waals surface area (Å²) in [6.07, 6.45) is 0. The van der Waals surface area contributed by atoms with Crippen LogP contribution in [0.4, 0.5) is 5.69 Å². The molecule has 2 rings (SSSR count). The average Bonchev–Trinajstić information content (AvgIpc) is 2.86. The van der Waals surface area contributed by atoms with E-state index in [1.54, 1.807) is 0 Å². The van der Waals surface area contributed by atoms with Crippen LogP contribution in [0, 0.1) is 13.8 Å². The molecule has 128 valence electrons. The van der Waals surface area contributed by atoms with Crippen LogP contribution in [0.2, 0.25) is 0 Å². The van der Waals surface area contributed by atoms with Gasteiger partial charge in [-0.25, -0.2) is 4.79 Å². The van der Waals surface area contributed by atoms with E-state index in [1.807, 2.05) is 13.8 Å². The number of thioether (sulfide) groups is 1. The molecular formula is C16H18N2O5S. The third-order valence-corrected chi connectivity index (χ3v) is 4.34. The number of anilines is 1. The van der Waals surface area contributed by atoms with Gasteiger partial charge in [0.2, 0.25) is 5.91 Å². The topological polar surface area (TPSA) is 102 Å². The van der Waals surface area contributed by atoms with E-state index in [-0.39, 0.29) is 17.2 Å². The number of aromatic carboxylic acids is 1. The first-order chi connectivity index (χ1) is 11.4. The molecule has 0 aliphatic rings. The van der Waals surface area contributed by atoms with Crippen molar-refractivity contribution in [1.29, 1.82) is 0 Å². The van der Waals surface area contributed by atoms with Gasteiger partial charge >= 0.3 is 5.97 Å². The lowest BCUT2D eigenvalue weighted by Gasteiger charge is -2.10. The molecule has 0 aliphatic carbocycles. The number of hydrogen-bond acceptors (Lipinski definition) is 6. The molecule has 0 aliphatic heterocycles. The van der Waals surface area contributed by atoms with Gasteiger partial charge in [0.25, 0.3) is 0 Å². The predicted molar refractivity (Wildman–Crippen MR) is 90.7 cm³/mol. The summed E-state index contributed by atoms with van der Waals surface area (Å²) in [5.41, 5.74) is 2.35. The second-order valence-electron chi connectivity index (χ2n) is 5.06. The summed E-state index contributed by atoms with van der Waals surface area (Å²) in [4.78, 5) is 23.0. The summed E-state index contributed by atoms with van der Waals surface area (Å²) in [6, 6.07) is 4.30. The smallest absolute Gasteiger partial charge is 0.335 e. The first kappa shape index (κ1) is 17.9. The van der Waals surface area contributed by atoms with E-state index in [0.717, 1.165) is 17.0 Å². The number of nitrogens with zero attached hydrogens (tertiary/aromatic N) is 1. The number of hydrogen-bond donors (Lipinski definition) is 2. The zero-order chi connectivity index (χ0) is 17.7. The first-order valence-corrected chi connectivity index (χ1v) is 8.28. The van der Waals surface area contributed by atoms with Crippen LogP contribution in [0.5, 0.6) is 5.75 Å². The number of aromatic nitrogens is 1. The number of nitrogens with one attached hydrogen (secondary N) is 1. The number of aryl methyl sites for hydroxylation is 2. The number of carbonyl (C=O) groups is 2. The van der Waals surface area contributed by atoms with Crippen LogP contribution in [-0.4, -0.2) is 35.0 Å². The predicted octanol–water partition coefficient (Wildman–Crippen LogP) is 2.87. The van der Waals surface area contributed by atoms with Gasteiger partial charge in [-0.05, 0) is 32.0 Å². The minimum absolute atomic E-state index is 0.0950. The fourth-order valence-electron chi connectivity index (χ4n) is 2.07. The Morgan fingerprint density at radius 1 is 1.38 bits per heavy atom. The van der Waals surface area contributed by atoms with Crippen LogP contribution in [0.3, 0.4) is 0 Å². The summed E-state index contributed by atoms with van der Waals surface area (Å²) in [5.74, 6) is 0.678. The third-order valence-electron chi connectivity index (χ3n) is 3.38. The van der Waals surface area contributed by atoms with E-state index in [1.165, 1.54) is 37.1 Å². The van der Waals surface area contributed by atoms with Gasteiger partial charge in [0.1, 0.15) is 11.5 Å². The van der Waals surface area contributed by atoms with Gasteiger partial charge in [-0.3, -0.25) is 4.79 Å². The van der Waals surface area contributed by atoms with Crippen LogP contribution < -0.4 is 10.1 Å². The normalized spacial score (nSPS) is 10.5. The number of benzene rings is 1. The number of amides is 1. The lowest BCUT2D eigenvalue weighted by molar-refractivity contribution is -0.113. The highest BCUT2D eigenvalue weighted by Crippen LogP contribution is 2.26. The minimum atomic E-state index is -1.05. The van der Waals surface area contributed by atoms with E-state index in [2.05, 4.69) is 10.5 Å². The first-order valence-electron chi connectivity index (χ1n) is 7.13. The van der Waals surface area contributed by atoms with Crippen LogP contribution >= 0.6 is 11.8 Å². The molecule has 0 fully saturated rings. The second-order valence-corrected chi connectivity index (χ2v) is 6.05. The Kier molecular flexibility index (Phi) is 5.86. The van der Waals surface area contributed by atoms with Gasteiger partial charge in [0.05, 0.1) is 29.8 Å². The van der Waals surface area contributed by atoms with Crippen molar-refractivity contribution >= 4 is 29.3 Å². The number of methoxy groups -OCH3 is 1. The summed E-state index contributed by atoms with van der Waals surface area (Å²) in [6.45, 7) is 3.70. The van der Waals surface area contributed by atoms with E-state index in [9.17, 15) is 9.59 Å². The maximum absolute atomic E-state index is 12.1. The lowest BCUT2D eigenvalue weighted by Crippen LogP contribution is -2.15. The second kappa shape index (κ2) is 7.87. The zero-order valence-corrected chi connectivity index (χ0v) is 14.4. The van der Waals surface area contributed by atoms with Crippen LogP contribution in [0.1, 0.15) is 27.4 Å². The Bertz CT molecular complexity index is 737. The van der Waals surface area contributed by atoms with Crippen molar-refractivity contribution in [3.05, 3.63) is 40.8 Å². The molecule has 0 atom stereocenters. The van der Waals surface area contributed by atoms with Crippen LogP contribution in [0.15, 0.2) is 22.7 Å². The highest BCUT2D eigenvalue weighted by Gasteiger charge is 2.13. The Morgan fingerprint density at radius 2 is 2.12 bits per heavy atom. The maximum atomic E-state index is 12.1. The monoisotopic (exact) mass is 350 g/mol. The molecule has 24 heavy (non-hydrogen) atoms. The van der Waals surface area contributed by atoms with E-state index >= 15 is 0 Å². The highest BCUT2D eigenvalue weighted by atomic mass is 32.2. The molecule has 0 saturated heterocycles. The molecule has 1 aromatic heterocycles. The number of carboxylic acid groups (broad SMARTS) is 1. The Hall–Kier alpha value is -2.48. The number of carbonyl (C=O) groups excluding carboxylic acids is 1. The fourth-order valence-corrected chi connectivity index (χ4v) is 3.04. The summed E-state index contributed by atoms with van der Waals surface area (Å²) < 4.78 is 10.2. The highest BCUT2D eigenvalue weighted by molar-refractivity contribution is 7.99. The van der Waals surface area contributed by atoms with Gasteiger partial charge in [-0.2, -0.15) is 0 Å². The van der Waals surface area contributed by atoms with Crippen molar-refractivity contribution in [2.75, 3.05) is 18.2 Å². The molecule has 1 heterocycles. The van der Waals surface area contributed by atoms with E-state index in [4.69, 9.17) is 14.4 Å². The van der Waals surface area contributed by atoms with Gasteiger partial charge in [0, 0.05) is 11.3 Å². The van der Waals surface area contributed by atoms with E-state index < -0.39 is 5.97 Å².